The number of nitrogens with two attached hydrogens (primary N) is 1. The Balaban J connectivity index is 2.39. The van der Waals surface area contributed by atoms with Crippen molar-refractivity contribution in [3.8, 4) is 0 Å². The van der Waals surface area contributed by atoms with Crippen molar-refractivity contribution in [2.75, 3.05) is 0 Å². The zero-order valence-electron chi connectivity index (χ0n) is 9.82. The Morgan fingerprint density at radius 1 is 1.25 bits per heavy atom. The minimum absolute atomic E-state index is 0.0499. The highest BCUT2D eigenvalue weighted by Gasteiger charge is 2.14. The minimum Gasteiger partial charge on any atom is -0.320 e. The lowest BCUT2D eigenvalue weighted by Crippen LogP contribution is -2.12. The molecule has 84 valence electrons. The first kappa shape index (κ1) is 11.3. The maximum atomic E-state index is 6.27. The molecule has 0 bridgehead atoms. The van der Waals surface area contributed by atoms with Crippen molar-refractivity contribution in [1.29, 1.82) is 0 Å². The van der Waals surface area contributed by atoms with E-state index in [1.807, 2.05) is 12.3 Å². The Bertz CT molecular complexity index is 483. The van der Waals surface area contributed by atoms with Crippen molar-refractivity contribution in [2.45, 2.75) is 26.8 Å². The summed E-state index contributed by atoms with van der Waals surface area (Å²) in [6, 6.07) is 4.13. The molecule has 0 spiro atoms. The second kappa shape index (κ2) is 4.36. The van der Waals surface area contributed by atoms with Gasteiger partial charge in [-0.2, -0.15) is 0 Å². The van der Waals surface area contributed by atoms with Gasteiger partial charge in [0.25, 0.3) is 0 Å². The van der Waals surface area contributed by atoms with E-state index in [9.17, 15) is 0 Å². The Morgan fingerprint density at radius 2 is 2.00 bits per heavy atom. The Kier molecular flexibility index (Phi) is 3.08. The number of hydrogen-bond acceptors (Lipinski definition) is 3. The van der Waals surface area contributed by atoms with Gasteiger partial charge in [0.1, 0.15) is 0 Å². The number of hydrogen-bond donors (Lipinski definition) is 1. The Morgan fingerprint density at radius 3 is 2.56 bits per heavy atom. The summed E-state index contributed by atoms with van der Waals surface area (Å²) in [5.74, 6) is 0. The number of rotatable bonds is 2. The molecule has 0 radical (unpaired) electrons. The van der Waals surface area contributed by atoms with E-state index in [4.69, 9.17) is 5.73 Å². The van der Waals surface area contributed by atoms with Gasteiger partial charge < -0.3 is 5.73 Å². The number of aromatic nitrogens is 1. The molecule has 0 aliphatic carbocycles. The van der Waals surface area contributed by atoms with Crippen molar-refractivity contribution in [2.24, 2.45) is 5.73 Å². The van der Waals surface area contributed by atoms with Gasteiger partial charge in [-0.1, -0.05) is 0 Å². The first-order chi connectivity index (χ1) is 7.59. The topological polar surface area (TPSA) is 38.9 Å². The lowest BCUT2D eigenvalue weighted by atomic mass is 10.0. The fraction of sp³-hybridized carbons (Fsp3) is 0.308. The molecule has 2 aromatic rings. The van der Waals surface area contributed by atoms with Gasteiger partial charge in [-0.3, -0.25) is 4.98 Å². The SMILES string of the molecule is Cc1ccncc1C(N)c1cc(C)c(C)s1. The fourth-order valence-electron chi connectivity index (χ4n) is 1.71. The Hall–Kier alpha value is -1.19. The molecule has 2 N–H and O–H groups in total. The van der Waals surface area contributed by atoms with Crippen LogP contribution in [0, 0.1) is 20.8 Å². The summed E-state index contributed by atoms with van der Waals surface area (Å²) >= 11 is 1.77. The van der Waals surface area contributed by atoms with Gasteiger partial charge >= 0.3 is 0 Å². The van der Waals surface area contributed by atoms with Crippen molar-refractivity contribution < 1.29 is 0 Å². The van der Waals surface area contributed by atoms with Crippen LogP contribution < -0.4 is 5.73 Å². The van der Waals surface area contributed by atoms with Gasteiger partial charge in [0.05, 0.1) is 6.04 Å². The molecule has 0 aromatic carbocycles. The average molecular weight is 232 g/mol. The largest absolute Gasteiger partial charge is 0.320 e. The molecule has 0 saturated carbocycles. The van der Waals surface area contributed by atoms with Crippen molar-refractivity contribution in [3.05, 3.63) is 51.0 Å². The van der Waals surface area contributed by atoms with E-state index in [-0.39, 0.29) is 6.04 Å². The van der Waals surface area contributed by atoms with Crippen molar-refractivity contribution in [1.82, 2.24) is 4.98 Å². The summed E-state index contributed by atoms with van der Waals surface area (Å²) in [6.07, 6.45) is 3.67. The van der Waals surface area contributed by atoms with Crippen molar-refractivity contribution >= 4 is 11.3 Å². The third-order valence-electron chi connectivity index (χ3n) is 2.91. The monoisotopic (exact) mass is 232 g/mol. The van der Waals surface area contributed by atoms with E-state index >= 15 is 0 Å². The quantitative estimate of drug-likeness (QED) is 0.864. The normalized spacial score (nSPS) is 12.8. The zero-order chi connectivity index (χ0) is 11.7. The fourth-order valence-corrected chi connectivity index (χ4v) is 2.77. The predicted octanol–water partition coefficient (Wildman–Crippen LogP) is 3.12. The molecule has 3 heteroatoms. The van der Waals surface area contributed by atoms with Crippen molar-refractivity contribution in [3.63, 3.8) is 0 Å². The van der Waals surface area contributed by atoms with Crippen LogP contribution in [0.3, 0.4) is 0 Å². The number of aryl methyl sites for hydroxylation is 3. The van der Waals surface area contributed by atoms with Gasteiger partial charge in [0.2, 0.25) is 0 Å². The third kappa shape index (κ3) is 2.01. The van der Waals surface area contributed by atoms with Gasteiger partial charge in [-0.25, -0.2) is 0 Å². The molecule has 2 aromatic heterocycles. The first-order valence-electron chi connectivity index (χ1n) is 5.32. The minimum atomic E-state index is -0.0499. The van der Waals surface area contributed by atoms with Crippen LogP contribution in [0.25, 0.3) is 0 Å². The zero-order valence-corrected chi connectivity index (χ0v) is 10.6. The maximum absolute atomic E-state index is 6.27. The van der Waals surface area contributed by atoms with Crippen LogP contribution in [0.1, 0.15) is 32.5 Å². The molecule has 0 aliphatic rings. The van der Waals surface area contributed by atoms with Gasteiger partial charge in [-0.05, 0) is 49.6 Å². The molecule has 2 nitrogen and oxygen atoms in total. The summed E-state index contributed by atoms with van der Waals surface area (Å²) < 4.78 is 0. The summed E-state index contributed by atoms with van der Waals surface area (Å²) in [6.45, 7) is 6.33. The van der Waals surface area contributed by atoms with E-state index < -0.39 is 0 Å². The smallest absolute Gasteiger partial charge is 0.0663 e. The van der Waals surface area contributed by atoms with Crippen LogP contribution >= 0.6 is 11.3 Å². The van der Waals surface area contributed by atoms with Crippen LogP contribution in [0.15, 0.2) is 24.5 Å². The lowest BCUT2D eigenvalue weighted by molar-refractivity contribution is 0.871. The standard InChI is InChI=1S/C13H16N2S/c1-8-4-5-15-7-11(8)13(14)12-6-9(2)10(3)16-12/h4-7,13H,14H2,1-3H3. The van der Waals surface area contributed by atoms with Crippen LogP contribution in [-0.2, 0) is 0 Å². The summed E-state index contributed by atoms with van der Waals surface area (Å²) in [5, 5.41) is 0. The molecule has 1 unspecified atom stereocenters. The molecule has 16 heavy (non-hydrogen) atoms. The average Bonchev–Trinajstić information content (AvgIpc) is 2.59. The van der Waals surface area contributed by atoms with Gasteiger partial charge in [-0.15, -0.1) is 11.3 Å². The molecular formula is C13H16N2S. The highest BCUT2D eigenvalue weighted by atomic mass is 32.1. The lowest BCUT2D eigenvalue weighted by Gasteiger charge is -2.12. The number of pyridine rings is 1. The summed E-state index contributed by atoms with van der Waals surface area (Å²) in [7, 11) is 0. The molecule has 0 fully saturated rings. The molecule has 2 rings (SSSR count). The van der Waals surface area contributed by atoms with E-state index in [1.54, 1.807) is 17.5 Å². The number of thiophene rings is 1. The van der Waals surface area contributed by atoms with E-state index in [2.05, 4.69) is 31.8 Å². The highest BCUT2D eigenvalue weighted by molar-refractivity contribution is 7.12. The highest BCUT2D eigenvalue weighted by Crippen LogP contribution is 2.29. The van der Waals surface area contributed by atoms with Crippen LogP contribution in [0.2, 0.25) is 0 Å². The predicted molar refractivity (Wildman–Crippen MR) is 68.8 cm³/mol. The second-order valence-electron chi connectivity index (χ2n) is 4.10. The van der Waals surface area contributed by atoms with E-state index in [0.29, 0.717) is 0 Å². The van der Waals surface area contributed by atoms with Crippen LogP contribution in [0.4, 0.5) is 0 Å². The third-order valence-corrected chi connectivity index (χ3v) is 4.14. The molecule has 0 amide bonds. The van der Waals surface area contributed by atoms with E-state index in [0.717, 1.165) is 5.56 Å². The molecule has 0 saturated heterocycles. The number of nitrogens with zero attached hydrogens (tertiary/aromatic N) is 1. The molecule has 0 aliphatic heterocycles. The molecule has 1 atom stereocenters. The van der Waals surface area contributed by atoms with Gasteiger partial charge in [0, 0.05) is 22.1 Å². The second-order valence-corrected chi connectivity index (χ2v) is 5.39. The molecular weight excluding hydrogens is 216 g/mol. The van der Waals surface area contributed by atoms with E-state index in [1.165, 1.54) is 20.9 Å². The molecule has 2 heterocycles. The summed E-state index contributed by atoms with van der Waals surface area (Å²) in [4.78, 5) is 6.70. The van der Waals surface area contributed by atoms with Crippen LogP contribution in [-0.4, -0.2) is 4.98 Å². The maximum Gasteiger partial charge on any atom is 0.0663 e. The van der Waals surface area contributed by atoms with Crippen LogP contribution in [0.5, 0.6) is 0 Å². The first-order valence-corrected chi connectivity index (χ1v) is 6.14. The Labute approximate surface area is 100 Å². The van der Waals surface area contributed by atoms with Gasteiger partial charge in [0.15, 0.2) is 0 Å². The summed E-state index contributed by atoms with van der Waals surface area (Å²) in [5.41, 5.74) is 9.90.